The second-order valence-corrected chi connectivity index (χ2v) is 7.04. The molecule has 0 spiro atoms. The third kappa shape index (κ3) is 3.32. The topological polar surface area (TPSA) is 50.4 Å². The number of aryl methyl sites for hydroxylation is 1. The number of aromatic nitrogens is 4. The van der Waals surface area contributed by atoms with Crippen LogP contribution >= 0.6 is 0 Å². The predicted octanol–water partition coefficient (Wildman–Crippen LogP) is 2.24. The maximum atomic E-state index is 4.67. The van der Waals surface area contributed by atoms with Gasteiger partial charge in [0.05, 0.1) is 17.4 Å². The summed E-state index contributed by atoms with van der Waals surface area (Å²) >= 11 is 0. The Hall–Kier alpha value is -2.18. The van der Waals surface area contributed by atoms with Crippen molar-refractivity contribution in [3.8, 4) is 0 Å². The number of likely N-dealkylation sites (tertiary alicyclic amines) is 1. The van der Waals surface area contributed by atoms with Gasteiger partial charge < -0.3 is 9.72 Å². The Kier molecular flexibility index (Phi) is 4.55. The van der Waals surface area contributed by atoms with E-state index >= 15 is 0 Å². The average Bonchev–Trinajstić information content (AvgIpc) is 3.21. The van der Waals surface area contributed by atoms with Crippen molar-refractivity contribution in [2.45, 2.75) is 25.4 Å². The lowest BCUT2D eigenvalue weighted by molar-refractivity contribution is 0.113. The third-order valence-corrected chi connectivity index (χ3v) is 5.30. The van der Waals surface area contributed by atoms with Crippen LogP contribution in [0.25, 0.3) is 5.65 Å². The van der Waals surface area contributed by atoms with Gasteiger partial charge in [0.15, 0.2) is 0 Å². The second kappa shape index (κ2) is 6.98. The van der Waals surface area contributed by atoms with Crippen molar-refractivity contribution in [1.29, 1.82) is 0 Å². The molecule has 0 radical (unpaired) electrons. The monoisotopic (exact) mass is 338 g/mol. The van der Waals surface area contributed by atoms with Crippen LogP contribution < -0.4 is 5.32 Å². The smallest absolute Gasteiger partial charge is 0.137 e. The summed E-state index contributed by atoms with van der Waals surface area (Å²) < 4.78 is 4.09. The fraction of sp³-hybridized carbons (Fsp3) is 0.474. The number of pyridine rings is 1. The second-order valence-electron chi connectivity index (χ2n) is 7.04. The molecule has 0 saturated carbocycles. The van der Waals surface area contributed by atoms with Gasteiger partial charge in [-0.05, 0) is 50.6 Å². The minimum Gasteiger partial charge on any atom is -0.311 e. The van der Waals surface area contributed by atoms with Crippen molar-refractivity contribution in [3.63, 3.8) is 0 Å². The Balaban J connectivity index is 1.42. The summed E-state index contributed by atoms with van der Waals surface area (Å²) in [7, 11) is 4.27. The highest BCUT2D eigenvalue weighted by Gasteiger charge is 2.31. The van der Waals surface area contributed by atoms with Gasteiger partial charge in [-0.1, -0.05) is 6.07 Å². The minimum atomic E-state index is 0.426. The van der Waals surface area contributed by atoms with Crippen molar-refractivity contribution < 1.29 is 0 Å². The van der Waals surface area contributed by atoms with E-state index in [1.165, 1.54) is 18.5 Å². The van der Waals surface area contributed by atoms with E-state index in [1.54, 1.807) is 0 Å². The first-order valence-electron chi connectivity index (χ1n) is 9.04. The van der Waals surface area contributed by atoms with E-state index in [0.29, 0.717) is 12.0 Å². The fourth-order valence-electron chi connectivity index (χ4n) is 4.07. The van der Waals surface area contributed by atoms with Gasteiger partial charge in [0.25, 0.3) is 0 Å². The van der Waals surface area contributed by atoms with E-state index in [-0.39, 0.29) is 0 Å². The van der Waals surface area contributed by atoms with Crippen molar-refractivity contribution in [2.75, 3.05) is 20.1 Å². The van der Waals surface area contributed by atoms with Crippen LogP contribution in [0.3, 0.4) is 0 Å². The number of fused-ring (bicyclic) bond motifs is 1. The molecule has 1 fully saturated rings. The Morgan fingerprint density at radius 2 is 2.16 bits per heavy atom. The highest BCUT2D eigenvalue weighted by Crippen LogP contribution is 2.34. The molecule has 1 aliphatic heterocycles. The minimum absolute atomic E-state index is 0.426. The zero-order valence-corrected chi connectivity index (χ0v) is 15.0. The quantitative estimate of drug-likeness (QED) is 0.775. The Bertz CT molecular complexity index is 802. The fourth-order valence-corrected chi connectivity index (χ4v) is 4.07. The van der Waals surface area contributed by atoms with Crippen LogP contribution in [-0.2, 0) is 13.6 Å². The summed E-state index contributed by atoms with van der Waals surface area (Å²) in [5.74, 6) is 0.589. The lowest BCUT2D eigenvalue weighted by Crippen LogP contribution is -2.41. The van der Waals surface area contributed by atoms with Crippen LogP contribution in [0.2, 0.25) is 0 Å². The average molecular weight is 338 g/mol. The molecule has 3 aromatic heterocycles. The molecule has 1 saturated heterocycles. The molecule has 0 aromatic carbocycles. The molecule has 2 atom stereocenters. The Morgan fingerprint density at radius 3 is 2.96 bits per heavy atom. The third-order valence-electron chi connectivity index (χ3n) is 5.30. The molecule has 0 unspecified atom stereocenters. The number of hydrogen-bond donors (Lipinski definition) is 1. The van der Waals surface area contributed by atoms with Crippen LogP contribution in [0.5, 0.6) is 0 Å². The molecular formula is C19H26N6. The molecule has 1 aliphatic rings. The van der Waals surface area contributed by atoms with Crippen LogP contribution in [0.4, 0.5) is 0 Å². The van der Waals surface area contributed by atoms with Crippen LogP contribution in [0, 0.1) is 5.92 Å². The maximum Gasteiger partial charge on any atom is 0.137 e. The lowest BCUT2D eigenvalue weighted by Gasteiger charge is -2.39. The largest absolute Gasteiger partial charge is 0.311 e. The van der Waals surface area contributed by atoms with E-state index < -0.39 is 0 Å². The molecule has 4 heterocycles. The first-order valence-corrected chi connectivity index (χ1v) is 9.04. The molecule has 0 aliphatic carbocycles. The maximum absolute atomic E-state index is 4.67. The Morgan fingerprint density at radius 1 is 1.24 bits per heavy atom. The normalized spacial score (nSPS) is 21.8. The number of hydrogen-bond acceptors (Lipinski definition) is 4. The van der Waals surface area contributed by atoms with Crippen molar-refractivity contribution >= 4 is 5.65 Å². The molecule has 0 amide bonds. The number of rotatable bonds is 5. The van der Waals surface area contributed by atoms with Gasteiger partial charge in [0, 0.05) is 38.7 Å². The molecule has 6 nitrogen and oxygen atoms in total. The van der Waals surface area contributed by atoms with E-state index in [9.17, 15) is 0 Å². The summed E-state index contributed by atoms with van der Waals surface area (Å²) in [6, 6.07) is 8.67. The van der Waals surface area contributed by atoms with Gasteiger partial charge in [-0.15, -0.1) is 0 Å². The van der Waals surface area contributed by atoms with E-state index in [1.807, 2.05) is 42.3 Å². The van der Waals surface area contributed by atoms with Crippen molar-refractivity contribution in [1.82, 2.24) is 29.4 Å². The van der Waals surface area contributed by atoms with Gasteiger partial charge in [-0.2, -0.15) is 5.10 Å². The standard InChI is InChI=1S/C19H26N6/c1-23-10-5-6-15(19(23)17-8-9-21-24(17)2)12-20-13-16-14-25-11-4-3-7-18(25)22-16/h3-4,7-9,11,14-15,19-20H,5-6,10,12-13H2,1-2H3/t15-,19+/m0/s1. The van der Waals surface area contributed by atoms with Gasteiger partial charge in [-0.3, -0.25) is 9.58 Å². The number of nitrogens with zero attached hydrogens (tertiary/aromatic N) is 5. The van der Waals surface area contributed by atoms with E-state index in [0.717, 1.165) is 31.0 Å². The van der Waals surface area contributed by atoms with Gasteiger partial charge in [0.1, 0.15) is 5.65 Å². The Labute approximate surface area is 148 Å². The molecule has 1 N–H and O–H groups in total. The van der Waals surface area contributed by atoms with Crippen LogP contribution in [0.1, 0.15) is 30.3 Å². The highest BCUT2D eigenvalue weighted by atomic mass is 15.3. The van der Waals surface area contributed by atoms with Crippen molar-refractivity contribution in [2.24, 2.45) is 13.0 Å². The summed E-state index contributed by atoms with van der Waals surface area (Å²) in [6.07, 6.45) is 8.55. The molecule has 25 heavy (non-hydrogen) atoms. The molecule has 3 aromatic rings. The zero-order chi connectivity index (χ0) is 17.2. The number of nitrogens with one attached hydrogen (secondary N) is 1. The van der Waals surface area contributed by atoms with Crippen molar-refractivity contribution in [3.05, 3.63) is 54.2 Å². The van der Waals surface area contributed by atoms with Crippen LogP contribution in [-0.4, -0.2) is 44.2 Å². The summed E-state index contributed by atoms with van der Waals surface area (Å²) in [4.78, 5) is 7.14. The van der Waals surface area contributed by atoms with Gasteiger partial charge >= 0.3 is 0 Å². The molecule has 132 valence electrons. The first-order chi connectivity index (χ1) is 12.2. The summed E-state index contributed by atoms with van der Waals surface area (Å²) in [5.41, 5.74) is 3.40. The van der Waals surface area contributed by atoms with Crippen LogP contribution in [0.15, 0.2) is 42.9 Å². The van der Waals surface area contributed by atoms with E-state index in [2.05, 4.69) is 44.0 Å². The molecule has 0 bridgehead atoms. The summed E-state index contributed by atoms with van der Waals surface area (Å²) in [6.45, 7) is 2.95. The molecule has 6 heteroatoms. The molecular weight excluding hydrogens is 312 g/mol. The lowest BCUT2D eigenvalue weighted by atomic mass is 9.87. The highest BCUT2D eigenvalue weighted by molar-refractivity contribution is 5.39. The predicted molar refractivity (Wildman–Crippen MR) is 98.2 cm³/mol. The SMILES string of the molecule is CN1CCC[C@@H](CNCc2cn3ccccc3n2)[C@@H]1c1ccnn1C. The molecule has 4 rings (SSSR count). The summed E-state index contributed by atoms with van der Waals surface area (Å²) in [5, 5.41) is 8.00. The number of imidazole rings is 1. The van der Waals surface area contributed by atoms with Gasteiger partial charge in [0.2, 0.25) is 0 Å². The van der Waals surface area contributed by atoms with E-state index in [4.69, 9.17) is 0 Å². The number of piperidine rings is 1. The first kappa shape index (κ1) is 16.3. The van der Waals surface area contributed by atoms with Gasteiger partial charge in [-0.25, -0.2) is 4.98 Å². The zero-order valence-electron chi connectivity index (χ0n) is 15.0.